The number of amides is 2. The summed E-state index contributed by atoms with van der Waals surface area (Å²) in [5.74, 6) is 1.25. The molecule has 1 fully saturated rings. The van der Waals surface area contributed by atoms with E-state index >= 15 is 0 Å². The van der Waals surface area contributed by atoms with Crippen LogP contribution in [0.4, 0.5) is 14.9 Å². The van der Waals surface area contributed by atoms with E-state index in [1.165, 1.54) is 6.07 Å². The van der Waals surface area contributed by atoms with Crippen molar-refractivity contribution in [1.29, 1.82) is 0 Å². The number of likely N-dealkylation sites (tertiary alicyclic amines) is 1. The zero-order chi connectivity index (χ0) is 21.3. The molecule has 0 spiro atoms. The quantitative estimate of drug-likeness (QED) is 0.663. The van der Waals surface area contributed by atoms with Gasteiger partial charge in [0, 0.05) is 37.4 Å². The first kappa shape index (κ1) is 20.3. The van der Waals surface area contributed by atoms with E-state index in [0.717, 1.165) is 36.3 Å². The Bertz CT molecular complexity index is 1050. The predicted octanol–water partition coefficient (Wildman–Crippen LogP) is 4.95. The molecule has 0 aliphatic carbocycles. The van der Waals surface area contributed by atoms with Gasteiger partial charge in [0.15, 0.2) is 5.65 Å². The highest BCUT2D eigenvalue weighted by Gasteiger charge is 2.27. The summed E-state index contributed by atoms with van der Waals surface area (Å²) in [6.45, 7) is 7.36. The summed E-state index contributed by atoms with van der Waals surface area (Å²) in [6.07, 6.45) is 4.38. The molecule has 1 aliphatic rings. The molecule has 30 heavy (non-hydrogen) atoms. The number of hydrogen-bond acceptors (Lipinski definition) is 3. The fraction of sp³-hybridized carbons (Fsp3) is 0.435. The summed E-state index contributed by atoms with van der Waals surface area (Å²) >= 11 is 0. The fourth-order valence-corrected chi connectivity index (χ4v) is 4.07. The predicted molar refractivity (Wildman–Crippen MR) is 116 cm³/mol. The highest BCUT2D eigenvalue weighted by molar-refractivity contribution is 5.89. The largest absolute Gasteiger partial charge is 0.324 e. The number of imidazole rings is 1. The van der Waals surface area contributed by atoms with Gasteiger partial charge in [0.1, 0.15) is 17.2 Å². The number of hydrogen-bond donors (Lipinski definition) is 1. The Balaban J connectivity index is 1.46. The molecule has 0 unspecified atom stereocenters. The summed E-state index contributed by atoms with van der Waals surface area (Å²) < 4.78 is 16.0. The number of carbonyl (C=O) groups is 1. The average Bonchev–Trinajstić information content (AvgIpc) is 3.08. The van der Waals surface area contributed by atoms with Gasteiger partial charge in [-0.2, -0.15) is 0 Å². The molecule has 1 aromatic carbocycles. The molecule has 0 saturated carbocycles. The van der Waals surface area contributed by atoms with Crippen molar-refractivity contribution in [3.05, 3.63) is 53.7 Å². The van der Waals surface area contributed by atoms with Gasteiger partial charge in [-0.15, -0.1) is 0 Å². The van der Waals surface area contributed by atoms with Gasteiger partial charge in [-0.25, -0.2) is 19.2 Å². The SMILES string of the molecule is Cc1ccc(NC(=O)N2CCC(n3c(CC(C)C)nc4cccnc43)CC2)cc1F. The first-order valence-corrected chi connectivity index (χ1v) is 10.6. The number of anilines is 1. The second-order valence-corrected chi connectivity index (χ2v) is 8.45. The third kappa shape index (κ3) is 4.15. The van der Waals surface area contributed by atoms with Crippen LogP contribution in [0.15, 0.2) is 36.5 Å². The molecule has 7 heteroatoms. The Morgan fingerprint density at radius 1 is 1.27 bits per heavy atom. The minimum atomic E-state index is -0.316. The number of pyridine rings is 1. The van der Waals surface area contributed by atoms with E-state index in [-0.39, 0.29) is 17.9 Å². The maximum absolute atomic E-state index is 13.8. The number of nitrogens with zero attached hydrogens (tertiary/aromatic N) is 4. The highest BCUT2D eigenvalue weighted by Crippen LogP contribution is 2.29. The normalized spacial score (nSPS) is 15.2. The Morgan fingerprint density at radius 2 is 2.03 bits per heavy atom. The number of rotatable bonds is 4. The third-order valence-corrected chi connectivity index (χ3v) is 5.65. The van der Waals surface area contributed by atoms with Gasteiger partial charge in [0.25, 0.3) is 0 Å². The summed E-state index contributed by atoms with van der Waals surface area (Å²) in [6, 6.07) is 8.76. The maximum atomic E-state index is 13.8. The Labute approximate surface area is 176 Å². The van der Waals surface area contributed by atoms with E-state index in [1.54, 1.807) is 24.0 Å². The van der Waals surface area contributed by atoms with Gasteiger partial charge in [0.2, 0.25) is 0 Å². The number of aromatic nitrogens is 3. The van der Waals surface area contributed by atoms with Crippen LogP contribution in [0, 0.1) is 18.7 Å². The molecule has 0 radical (unpaired) electrons. The number of piperidine rings is 1. The molecule has 1 aliphatic heterocycles. The molecule has 158 valence electrons. The lowest BCUT2D eigenvalue weighted by Crippen LogP contribution is -2.41. The lowest BCUT2D eigenvalue weighted by atomic mass is 10.0. The zero-order valence-corrected chi connectivity index (χ0v) is 17.7. The number of benzene rings is 1. The van der Waals surface area contributed by atoms with E-state index in [1.807, 2.05) is 18.3 Å². The Morgan fingerprint density at radius 3 is 2.73 bits per heavy atom. The van der Waals surface area contributed by atoms with Crippen LogP contribution in [-0.2, 0) is 6.42 Å². The molecular formula is C23H28FN5O. The minimum absolute atomic E-state index is 0.187. The number of carbonyl (C=O) groups excluding carboxylic acids is 1. The molecule has 2 amide bonds. The number of urea groups is 1. The Kier molecular flexibility index (Phi) is 5.70. The van der Waals surface area contributed by atoms with Crippen molar-refractivity contribution < 1.29 is 9.18 Å². The van der Waals surface area contributed by atoms with Gasteiger partial charge in [-0.05, 0) is 55.5 Å². The lowest BCUT2D eigenvalue weighted by molar-refractivity contribution is 0.183. The minimum Gasteiger partial charge on any atom is -0.324 e. The van der Waals surface area contributed by atoms with Gasteiger partial charge < -0.3 is 14.8 Å². The van der Waals surface area contributed by atoms with Crippen molar-refractivity contribution >= 4 is 22.9 Å². The van der Waals surface area contributed by atoms with Crippen molar-refractivity contribution in [3.63, 3.8) is 0 Å². The summed E-state index contributed by atoms with van der Waals surface area (Å²) in [5, 5.41) is 2.81. The van der Waals surface area contributed by atoms with E-state index in [4.69, 9.17) is 4.98 Å². The van der Waals surface area contributed by atoms with Crippen LogP contribution in [0.25, 0.3) is 11.2 Å². The van der Waals surface area contributed by atoms with E-state index in [9.17, 15) is 9.18 Å². The molecule has 3 aromatic rings. The van der Waals surface area contributed by atoms with E-state index in [0.29, 0.717) is 30.3 Å². The zero-order valence-electron chi connectivity index (χ0n) is 17.7. The van der Waals surface area contributed by atoms with Crippen molar-refractivity contribution in [1.82, 2.24) is 19.4 Å². The summed E-state index contributed by atoms with van der Waals surface area (Å²) in [5.41, 5.74) is 2.89. The van der Waals surface area contributed by atoms with Crippen molar-refractivity contribution in [2.45, 2.75) is 46.1 Å². The fourth-order valence-electron chi connectivity index (χ4n) is 4.07. The molecule has 6 nitrogen and oxygen atoms in total. The first-order valence-electron chi connectivity index (χ1n) is 10.6. The van der Waals surface area contributed by atoms with Crippen LogP contribution in [0.5, 0.6) is 0 Å². The average molecular weight is 410 g/mol. The van der Waals surface area contributed by atoms with Crippen LogP contribution in [0.2, 0.25) is 0 Å². The lowest BCUT2D eigenvalue weighted by Gasteiger charge is -2.33. The van der Waals surface area contributed by atoms with Crippen molar-refractivity contribution in [3.8, 4) is 0 Å². The molecule has 1 saturated heterocycles. The second-order valence-electron chi connectivity index (χ2n) is 8.45. The molecule has 3 heterocycles. The van der Waals surface area contributed by atoms with Crippen LogP contribution >= 0.6 is 0 Å². The topological polar surface area (TPSA) is 63.1 Å². The molecule has 4 rings (SSSR count). The number of fused-ring (bicyclic) bond motifs is 1. The summed E-state index contributed by atoms with van der Waals surface area (Å²) in [7, 11) is 0. The van der Waals surface area contributed by atoms with Gasteiger partial charge in [0.05, 0.1) is 0 Å². The van der Waals surface area contributed by atoms with Gasteiger partial charge in [-0.3, -0.25) is 0 Å². The van der Waals surface area contributed by atoms with Crippen LogP contribution in [0.3, 0.4) is 0 Å². The summed E-state index contributed by atoms with van der Waals surface area (Å²) in [4.78, 5) is 23.8. The van der Waals surface area contributed by atoms with Crippen LogP contribution in [0.1, 0.15) is 44.1 Å². The Hall–Kier alpha value is -2.96. The van der Waals surface area contributed by atoms with E-state index in [2.05, 4.69) is 28.7 Å². The maximum Gasteiger partial charge on any atom is 0.321 e. The highest BCUT2D eigenvalue weighted by atomic mass is 19.1. The molecular weight excluding hydrogens is 381 g/mol. The van der Waals surface area contributed by atoms with Crippen molar-refractivity contribution in [2.24, 2.45) is 5.92 Å². The van der Waals surface area contributed by atoms with E-state index < -0.39 is 0 Å². The third-order valence-electron chi connectivity index (χ3n) is 5.65. The number of nitrogens with one attached hydrogen (secondary N) is 1. The van der Waals surface area contributed by atoms with Crippen LogP contribution in [-0.4, -0.2) is 38.6 Å². The molecule has 2 aromatic heterocycles. The molecule has 1 N–H and O–H groups in total. The number of aryl methyl sites for hydroxylation is 1. The standard InChI is InChI=1S/C23H28FN5O/c1-15(2)13-21-27-20-5-4-10-25-22(20)29(21)18-8-11-28(12-9-18)23(30)26-17-7-6-16(3)19(24)14-17/h4-7,10,14-15,18H,8-9,11-13H2,1-3H3,(H,26,30). The van der Waals surface area contributed by atoms with Crippen molar-refractivity contribution in [2.75, 3.05) is 18.4 Å². The number of halogens is 1. The first-order chi connectivity index (χ1) is 14.4. The molecule has 0 atom stereocenters. The second kappa shape index (κ2) is 8.42. The smallest absolute Gasteiger partial charge is 0.321 e. The monoisotopic (exact) mass is 409 g/mol. The molecule has 0 bridgehead atoms. The van der Waals surface area contributed by atoms with Gasteiger partial charge in [-0.1, -0.05) is 19.9 Å². The van der Waals surface area contributed by atoms with Gasteiger partial charge >= 0.3 is 6.03 Å². The van der Waals surface area contributed by atoms with Crippen LogP contribution < -0.4 is 5.32 Å².